The predicted molar refractivity (Wildman–Crippen MR) is 70.1 cm³/mol. The first-order valence-electron chi connectivity index (χ1n) is 6.27. The molecule has 2 rings (SSSR count). The Bertz CT molecular complexity index is 342. The monoisotopic (exact) mass is 255 g/mol. The van der Waals surface area contributed by atoms with Crippen molar-refractivity contribution in [2.45, 2.75) is 31.4 Å². The Hall–Kier alpha value is -0.550. The lowest BCUT2D eigenvalue weighted by Crippen LogP contribution is -2.32. The van der Waals surface area contributed by atoms with Gasteiger partial charge in [0.1, 0.15) is 0 Å². The van der Waals surface area contributed by atoms with Crippen LogP contribution in [0.3, 0.4) is 0 Å². The van der Waals surface area contributed by atoms with Crippen LogP contribution in [-0.2, 0) is 12.2 Å². The van der Waals surface area contributed by atoms with Crippen LogP contribution in [0.25, 0.3) is 0 Å². The molecule has 2 heterocycles. The highest BCUT2D eigenvalue weighted by molar-refractivity contribution is 7.97. The molecule has 0 aliphatic carbocycles. The number of nitrogens with zero attached hydrogens (tertiary/aromatic N) is 3. The van der Waals surface area contributed by atoms with Crippen LogP contribution < -0.4 is 0 Å². The second-order valence-electron chi connectivity index (χ2n) is 4.85. The molecule has 0 bridgehead atoms. The second kappa shape index (κ2) is 6.40. The first-order valence-corrected chi connectivity index (χ1v) is 7.66. The van der Waals surface area contributed by atoms with Crippen molar-refractivity contribution in [2.24, 2.45) is 5.92 Å². The molecular weight excluding hydrogens is 234 g/mol. The Balaban J connectivity index is 1.76. The lowest BCUT2D eigenvalue weighted by Gasteiger charge is -2.29. The van der Waals surface area contributed by atoms with Gasteiger partial charge in [-0.15, -0.1) is 0 Å². The van der Waals surface area contributed by atoms with Gasteiger partial charge in [0.25, 0.3) is 0 Å². The molecule has 1 aromatic heterocycles. The van der Waals surface area contributed by atoms with E-state index in [0.29, 0.717) is 0 Å². The molecule has 96 valence electrons. The summed E-state index contributed by atoms with van der Waals surface area (Å²) in [4.78, 5) is 6.81. The average molecular weight is 255 g/mol. The van der Waals surface area contributed by atoms with Gasteiger partial charge in [0, 0.05) is 13.0 Å². The van der Waals surface area contributed by atoms with Gasteiger partial charge in [-0.05, 0) is 45.0 Å². The molecule has 0 aromatic carbocycles. The maximum absolute atomic E-state index is 5.25. The highest BCUT2D eigenvalue weighted by Gasteiger charge is 2.18. The number of likely N-dealkylation sites (tertiary alicyclic amines) is 1. The number of piperidine rings is 1. The van der Waals surface area contributed by atoms with Crippen molar-refractivity contribution in [1.82, 2.24) is 15.0 Å². The summed E-state index contributed by atoms with van der Waals surface area (Å²) in [6.07, 6.45) is 6.82. The van der Waals surface area contributed by atoms with Gasteiger partial charge in [0.05, 0.1) is 5.75 Å². The Morgan fingerprint density at radius 1 is 1.53 bits per heavy atom. The standard InChI is InChI=1S/C12H21N3OS/c1-15-7-3-4-10(8-15)5-6-12-13-11(9-17-2)14-16-12/h10H,3-9H2,1-2H3/t10-/m0/s1. The molecule has 4 nitrogen and oxygen atoms in total. The second-order valence-corrected chi connectivity index (χ2v) is 5.71. The third-order valence-corrected chi connectivity index (χ3v) is 3.82. The van der Waals surface area contributed by atoms with E-state index >= 15 is 0 Å². The third kappa shape index (κ3) is 4.00. The Labute approximate surface area is 107 Å². The quantitative estimate of drug-likeness (QED) is 0.807. The average Bonchev–Trinajstić information content (AvgIpc) is 2.75. The van der Waals surface area contributed by atoms with Crippen LogP contribution in [0.1, 0.15) is 31.0 Å². The van der Waals surface area contributed by atoms with E-state index in [1.807, 2.05) is 6.26 Å². The van der Waals surface area contributed by atoms with Crippen LogP contribution in [0.15, 0.2) is 4.52 Å². The van der Waals surface area contributed by atoms with E-state index in [9.17, 15) is 0 Å². The number of thioether (sulfide) groups is 1. The van der Waals surface area contributed by atoms with Gasteiger partial charge in [0.2, 0.25) is 5.89 Å². The molecule has 17 heavy (non-hydrogen) atoms. The number of rotatable bonds is 5. The molecule has 0 N–H and O–H groups in total. The van der Waals surface area contributed by atoms with E-state index in [0.717, 1.165) is 29.8 Å². The zero-order valence-corrected chi connectivity index (χ0v) is 11.5. The molecule has 0 saturated carbocycles. The van der Waals surface area contributed by atoms with Gasteiger partial charge in [-0.3, -0.25) is 0 Å². The van der Waals surface area contributed by atoms with E-state index in [2.05, 4.69) is 22.1 Å². The summed E-state index contributed by atoms with van der Waals surface area (Å²) in [5, 5.41) is 3.97. The van der Waals surface area contributed by atoms with Crippen molar-refractivity contribution < 1.29 is 4.52 Å². The van der Waals surface area contributed by atoms with Crippen molar-refractivity contribution in [3.8, 4) is 0 Å². The normalized spacial score (nSPS) is 21.9. The van der Waals surface area contributed by atoms with Crippen molar-refractivity contribution in [3.63, 3.8) is 0 Å². The number of hydrogen-bond acceptors (Lipinski definition) is 5. The maximum Gasteiger partial charge on any atom is 0.226 e. The fourth-order valence-corrected chi connectivity index (χ4v) is 2.79. The summed E-state index contributed by atoms with van der Waals surface area (Å²) >= 11 is 1.72. The summed E-state index contributed by atoms with van der Waals surface area (Å²) < 4.78 is 5.25. The van der Waals surface area contributed by atoms with Gasteiger partial charge in [-0.25, -0.2) is 0 Å². The van der Waals surface area contributed by atoms with E-state index in [1.54, 1.807) is 11.8 Å². The van der Waals surface area contributed by atoms with Gasteiger partial charge in [-0.1, -0.05) is 5.16 Å². The molecular formula is C12H21N3OS. The fraction of sp³-hybridized carbons (Fsp3) is 0.833. The van der Waals surface area contributed by atoms with Gasteiger partial charge < -0.3 is 9.42 Å². The van der Waals surface area contributed by atoms with E-state index in [1.165, 1.54) is 32.4 Å². The minimum Gasteiger partial charge on any atom is -0.339 e. The van der Waals surface area contributed by atoms with E-state index in [4.69, 9.17) is 4.52 Å². The first-order chi connectivity index (χ1) is 8.28. The zero-order chi connectivity index (χ0) is 12.1. The lowest BCUT2D eigenvalue weighted by atomic mass is 9.94. The molecule has 0 radical (unpaired) electrons. The molecule has 1 fully saturated rings. The maximum atomic E-state index is 5.25. The highest BCUT2D eigenvalue weighted by atomic mass is 32.2. The summed E-state index contributed by atoms with van der Waals surface area (Å²) in [7, 11) is 2.20. The number of aromatic nitrogens is 2. The Kier molecular flexibility index (Phi) is 4.86. The van der Waals surface area contributed by atoms with Crippen LogP contribution in [-0.4, -0.2) is 41.4 Å². The molecule has 0 amide bonds. The van der Waals surface area contributed by atoms with Crippen LogP contribution in [0.2, 0.25) is 0 Å². The zero-order valence-electron chi connectivity index (χ0n) is 10.7. The third-order valence-electron chi connectivity index (χ3n) is 3.27. The lowest BCUT2D eigenvalue weighted by molar-refractivity contribution is 0.199. The molecule has 1 atom stereocenters. The minimum atomic E-state index is 0.796. The van der Waals surface area contributed by atoms with Crippen LogP contribution in [0, 0.1) is 5.92 Å². The Morgan fingerprint density at radius 3 is 3.18 bits per heavy atom. The topological polar surface area (TPSA) is 42.2 Å². The Morgan fingerprint density at radius 2 is 2.41 bits per heavy atom. The van der Waals surface area contributed by atoms with Crippen molar-refractivity contribution in [3.05, 3.63) is 11.7 Å². The summed E-state index contributed by atoms with van der Waals surface area (Å²) in [6.45, 7) is 2.46. The fourth-order valence-electron chi connectivity index (χ4n) is 2.42. The SMILES string of the molecule is CSCc1noc(CC[C@@H]2CCCN(C)C2)n1. The smallest absolute Gasteiger partial charge is 0.226 e. The van der Waals surface area contributed by atoms with Crippen molar-refractivity contribution >= 4 is 11.8 Å². The highest BCUT2D eigenvalue weighted by Crippen LogP contribution is 2.20. The summed E-state index contributed by atoms with van der Waals surface area (Å²) in [6, 6.07) is 0. The van der Waals surface area contributed by atoms with Crippen molar-refractivity contribution in [1.29, 1.82) is 0 Å². The molecule has 1 saturated heterocycles. The number of aryl methyl sites for hydroxylation is 1. The minimum absolute atomic E-state index is 0.796. The number of hydrogen-bond donors (Lipinski definition) is 0. The van der Waals surface area contributed by atoms with E-state index < -0.39 is 0 Å². The van der Waals surface area contributed by atoms with E-state index in [-0.39, 0.29) is 0 Å². The molecule has 0 spiro atoms. The van der Waals surface area contributed by atoms with Gasteiger partial charge in [0.15, 0.2) is 5.82 Å². The van der Waals surface area contributed by atoms with Crippen LogP contribution in [0.5, 0.6) is 0 Å². The summed E-state index contributed by atoms with van der Waals surface area (Å²) in [5.41, 5.74) is 0. The predicted octanol–water partition coefficient (Wildman–Crippen LogP) is 2.21. The first kappa shape index (κ1) is 12.9. The molecule has 1 aliphatic rings. The van der Waals surface area contributed by atoms with Gasteiger partial charge >= 0.3 is 0 Å². The summed E-state index contributed by atoms with van der Waals surface area (Å²) in [5.74, 6) is 3.27. The largest absolute Gasteiger partial charge is 0.339 e. The van der Waals surface area contributed by atoms with Crippen LogP contribution >= 0.6 is 11.8 Å². The molecule has 1 aliphatic heterocycles. The molecule has 1 aromatic rings. The van der Waals surface area contributed by atoms with Gasteiger partial charge in [-0.2, -0.15) is 16.7 Å². The van der Waals surface area contributed by atoms with Crippen molar-refractivity contribution in [2.75, 3.05) is 26.4 Å². The molecule has 5 heteroatoms. The van der Waals surface area contributed by atoms with Crippen LogP contribution in [0.4, 0.5) is 0 Å². The molecule has 0 unspecified atom stereocenters.